The Bertz CT molecular complexity index is 818. The number of hydrogen-bond donors (Lipinski definition) is 3. The third-order valence-electron chi connectivity index (χ3n) is 3.66. The summed E-state index contributed by atoms with van der Waals surface area (Å²) >= 11 is 0. The van der Waals surface area contributed by atoms with Crippen LogP contribution in [-0.2, 0) is 10.0 Å². The molecule has 128 valence electrons. The van der Waals surface area contributed by atoms with Crippen LogP contribution in [0.1, 0.15) is 13.3 Å². The van der Waals surface area contributed by atoms with E-state index >= 15 is 0 Å². The third kappa shape index (κ3) is 3.51. The van der Waals surface area contributed by atoms with E-state index in [-0.39, 0.29) is 10.7 Å². The summed E-state index contributed by atoms with van der Waals surface area (Å²) in [6.45, 7) is 4.39. The van der Waals surface area contributed by atoms with Gasteiger partial charge in [0.05, 0.1) is 4.90 Å². The van der Waals surface area contributed by atoms with Crippen LogP contribution in [0.3, 0.4) is 0 Å². The number of sulfonamides is 1. The van der Waals surface area contributed by atoms with Gasteiger partial charge in [-0.2, -0.15) is 9.97 Å². The maximum absolute atomic E-state index is 12.5. The lowest BCUT2D eigenvalue weighted by Crippen LogP contribution is -2.37. The van der Waals surface area contributed by atoms with Crippen molar-refractivity contribution in [2.24, 2.45) is 0 Å². The van der Waals surface area contributed by atoms with E-state index in [0.717, 1.165) is 19.5 Å². The van der Waals surface area contributed by atoms with E-state index in [9.17, 15) is 8.42 Å². The Hall–Kier alpha value is -2.55. The van der Waals surface area contributed by atoms with Crippen molar-refractivity contribution < 1.29 is 8.42 Å². The zero-order valence-corrected chi connectivity index (χ0v) is 14.2. The van der Waals surface area contributed by atoms with Crippen LogP contribution in [0.4, 0.5) is 23.3 Å². The molecule has 0 spiro atoms. The molecule has 1 aromatic carbocycles. The minimum Gasteiger partial charge on any atom is -0.399 e. The Morgan fingerprint density at radius 3 is 2.50 bits per heavy atom. The van der Waals surface area contributed by atoms with E-state index in [0.29, 0.717) is 24.0 Å². The first-order chi connectivity index (χ1) is 11.5. The Morgan fingerprint density at radius 2 is 1.92 bits per heavy atom. The molecule has 0 amide bonds. The number of rotatable bonds is 6. The first-order valence-electron chi connectivity index (χ1n) is 7.74. The van der Waals surface area contributed by atoms with E-state index in [1.54, 1.807) is 18.2 Å². The van der Waals surface area contributed by atoms with Crippen molar-refractivity contribution in [3.05, 3.63) is 30.3 Å². The van der Waals surface area contributed by atoms with Crippen LogP contribution in [0, 0.1) is 0 Å². The predicted octanol–water partition coefficient (Wildman–Crippen LogP) is 1.50. The molecule has 1 aliphatic rings. The predicted molar refractivity (Wildman–Crippen MR) is 94.7 cm³/mol. The molecule has 1 aromatic heterocycles. The van der Waals surface area contributed by atoms with Crippen molar-refractivity contribution in [2.75, 3.05) is 40.3 Å². The van der Waals surface area contributed by atoms with Gasteiger partial charge in [0.25, 0.3) is 10.0 Å². The van der Waals surface area contributed by atoms with Gasteiger partial charge in [-0.1, -0.05) is 0 Å². The van der Waals surface area contributed by atoms with Gasteiger partial charge < -0.3 is 16.0 Å². The van der Waals surface area contributed by atoms with E-state index in [4.69, 9.17) is 5.73 Å². The van der Waals surface area contributed by atoms with E-state index in [1.165, 1.54) is 12.1 Å². The second-order valence-corrected chi connectivity index (χ2v) is 7.16. The molecule has 0 radical (unpaired) electrons. The smallest absolute Gasteiger partial charge is 0.263 e. The molecule has 2 heterocycles. The van der Waals surface area contributed by atoms with Crippen molar-refractivity contribution in [3.63, 3.8) is 0 Å². The third-order valence-corrected chi connectivity index (χ3v) is 5.03. The highest BCUT2D eigenvalue weighted by atomic mass is 32.2. The summed E-state index contributed by atoms with van der Waals surface area (Å²) in [5, 5.41) is 3.02. The number of hydrogen-bond acceptors (Lipinski definition) is 7. The fraction of sp³-hybridized carbons (Fsp3) is 0.333. The molecule has 8 nitrogen and oxygen atoms in total. The lowest BCUT2D eigenvalue weighted by Gasteiger charge is -2.32. The van der Waals surface area contributed by atoms with Gasteiger partial charge in [-0.3, -0.25) is 4.72 Å². The van der Waals surface area contributed by atoms with Crippen molar-refractivity contribution in [1.29, 1.82) is 0 Å². The van der Waals surface area contributed by atoms with Crippen LogP contribution in [0.2, 0.25) is 0 Å². The molecule has 0 saturated carbocycles. The highest BCUT2D eigenvalue weighted by Crippen LogP contribution is 2.24. The first kappa shape index (κ1) is 16.3. The molecule has 0 aliphatic carbocycles. The van der Waals surface area contributed by atoms with E-state index in [2.05, 4.69) is 24.9 Å². The number of nitrogen functional groups attached to an aromatic ring is 1. The molecular formula is C15H20N6O2S. The molecule has 3 rings (SSSR count). The van der Waals surface area contributed by atoms with Crippen molar-refractivity contribution in [3.8, 4) is 0 Å². The molecule has 0 bridgehead atoms. The van der Waals surface area contributed by atoms with Crippen LogP contribution < -0.4 is 20.7 Å². The standard InChI is InChI=1S/C15H20N6O2S/c1-2-17-15-18-13(10-14(19-15)21-8-3-9-21)20-24(22,23)12-6-4-11(16)5-7-12/h4-7,10H,2-3,8-9,16H2,1H3,(H2,17,18,19,20). The molecule has 1 saturated heterocycles. The summed E-state index contributed by atoms with van der Waals surface area (Å²) in [4.78, 5) is 10.8. The number of anilines is 4. The molecule has 0 unspecified atom stereocenters. The van der Waals surface area contributed by atoms with Crippen LogP contribution in [0.5, 0.6) is 0 Å². The van der Waals surface area contributed by atoms with Crippen molar-refractivity contribution in [1.82, 2.24) is 9.97 Å². The Kier molecular flexibility index (Phi) is 4.43. The number of aromatic nitrogens is 2. The quantitative estimate of drug-likeness (QED) is 0.678. The Labute approximate surface area is 141 Å². The van der Waals surface area contributed by atoms with Crippen LogP contribution >= 0.6 is 0 Å². The molecular weight excluding hydrogens is 328 g/mol. The van der Waals surface area contributed by atoms with Gasteiger partial charge in [0.15, 0.2) is 0 Å². The van der Waals surface area contributed by atoms with Gasteiger partial charge in [0.2, 0.25) is 5.95 Å². The lowest BCUT2D eigenvalue weighted by molar-refractivity contribution is 0.600. The average molecular weight is 348 g/mol. The SMILES string of the molecule is CCNc1nc(NS(=O)(=O)c2ccc(N)cc2)cc(N2CCC2)n1. The molecule has 2 aromatic rings. The average Bonchev–Trinajstić information content (AvgIpc) is 2.45. The molecule has 1 fully saturated rings. The molecule has 4 N–H and O–H groups in total. The number of nitrogens with two attached hydrogens (primary N) is 1. The highest BCUT2D eigenvalue weighted by Gasteiger charge is 2.20. The maximum Gasteiger partial charge on any atom is 0.263 e. The van der Waals surface area contributed by atoms with Gasteiger partial charge in [0.1, 0.15) is 11.6 Å². The van der Waals surface area contributed by atoms with Crippen molar-refractivity contribution >= 4 is 33.3 Å². The zero-order valence-electron chi connectivity index (χ0n) is 13.4. The minimum atomic E-state index is -3.74. The summed E-state index contributed by atoms with van der Waals surface area (Å²) in [5.74, 6) is 1.35. The highest BCUT2D eigenvalue weighted by molar-refractivity contribution is 7.92. The van der Waals surface area contributed by atoms with Gasteiger partial charge in [-0.05, 0) is 37.6 Å². The van der Waals surface area contributed by atoms with Crippen LogP contribution in [-0.4, -0.2) is 38.0 Å². The van der Waals surface area contributed by atoms with Gasteiger partial charge >= 0.3 is 0 Å². The second kappa shape index (κ2) is 6.52. The summed E-state index contributed by atoms with van der Waals surface area (Å²) < 4.78 is 27.5. The zero-order chi connectivity index (χ0) is 17.2. The van der Waals surface area contributed by atoms with E-state index < -0.39 is 10.0 Å². The lowest BCUT2D eigenvalue weighted by atomic mass is 10.2. The maximum atomic E-state index is 12.5. The van der Waals surface area contributed by atoms with Gasteiger partial charge in [-0.25, -0.2) is 8.42 Å². The van der Waals surface area contributed by atoms with Gasteiger partial charge in [-0.15, -0.1) is 0 Å². The fourth-order valence-electron chi connectivity index (χ4n) is 2.27. The van der Waals surface area contributed by atoms with Crippen molar-refractivity contribution in [2.45, 2.75) is 18.2 Å². The largest absolute Gasteiger partial charge is 0.399 e. The summed E-state index contributed by atoms with van der Waals surface area (Å²) in [5.41, 5.74) is 6.11. The van der Waals surface area contributed by atoms with Crippen LogP contribution in [0.15, 0.2) is 35.2 Å². The monoisotopic (exact) mass is 348 g/mol. The van der Waals surface area contributed by atoms with E-state index in [1.807, 2.05) is 6.92 Å². The number of nitrogens with zero attached hydrogens (tertiary/aromatic N) is 3. The summed E-state index contributed by atoms with van der Waals surface area (Å²) in [6.07, 6.45) is 1.10. The first-order valence-corrected chi connectivity index (χ1v) is 9.22. The molecule has 9 heteroatoms. The second-order valence-electron chi connectivity index (χ2n) is 5.48. The van der Waals surface area contributed by atoms with Crippen LogP contribution in [0.25, 0.3) is 0 Å². The summed E-state index contributed by atoms with van der Waals surface area (Å²) in [7, 11) is -3.74. The summed E-state index contributed by atoms with van der Waals surface area (Å²) in [6, 6.07) is 7.66. The number of nitrogens with one attached hydrogen (secondary N) is 2. The normalized spacial score (nSPS) is 14.1. The van der Waals surface area contributed by atoms with Gasteiger partial charge in [0, 0.05) is 31.4 Å². The minimum absolute atomic E-state index is 0.130. The molecule has 24 heavy (non-hydrogen) atoms. The topological polar surface area (TPSA) is 113 Å². The number of benzene rings is 1. The molecule has 1 aliphatic heterocycles. The molecule has 0 atom stereocenters. The fourth-order valence-corrected chi connectivity index (χ4v) is 3.27. The Balaban J connectivity index is 1.90. The Morgan fingerprint density at radius 1 is 1.21 bits per heavy atom.